The average molecular weight is 894 g/mol. The summed E-state index contributed by atoms with van der Waals surface area (Å²) < 4.78 is 11.2. The van der Waals surface area contributed by atoms with Crippen LogP contribution in [0.15, 0.2) is 24.3 Å². The third kappa shape index (κ3) is 34.6. The Morgan fingerprint density at radius 3 is 1.29 bits per heavy atom. The van der Waals surface area contributed by atoms with Gasteiger partial charge in [-0.25, -0.2) is 0 Å². The van der Waals surface area contributed by atoms with E-state index in [0.717, 1.165) is 38.5 Å². The van der Waals surface area contributed by atoms with Crippen LogP contribution in [-0.4, -0.2) is 87.5 Å². The van der Waals surface area contributed by atoms with Crippen LogP contribution in [-0.2, 0) is 14.3 Å². The van der Waals surface area contributed by atoms with Crippen molar-refractivity contribution in [2.24, 2.45) is 0 Å². The number of aliphatic hydroxyl groups is 5. The molecule has 7 atom stereocenters. The van der Waals surface area contributed by atoms with Gasteiger partial charge in [0.05, 0.1) is 25.4 Å². The monoisotopic (exact) mass is 894 g/mol. The lowest BCUT2D eigenvalue weighted by atomic mass is 9.99. The maximum Gasteiger partial charge on any atom is 0.220 e. The van der Waals surface area contributed by atoms with Gasteiger partial charge < -0.3 is 40.3 Å². The molecule has 9 heteroatoms. The number of carbonyl (C=O) groups excluding carboxylic acids is 1. The van der Waals surface area contributed by atoms with Gasteiger partial charge in [0.15, 0.2) is 6.29 Å². The van der Waals surface area contributed by atoms with Crippen LogP contribution in [0.4, 0.5) is 0 Å². The van der Waals surface area contributed by atoms with E-state index >= 15 is 0 Å². The van der Waals surface area contributed by atoms with Crippen LogP contribution >= 0.6 is 0 Å². The molecule has 0 saturated carbocycles. The van der Waals surface area contributed by atoms with Crippen molar-refractivity contribution in [1.82, 2.24) is 5.32 Å². The Balaban J connectivity index is 2.23. The highest BCUT2D eigenvalue weighted by Gasteiger charge is 2.44. The molecule has 0 aromatic rings. The first-order valence-corrected chi connectivity index (χ1v) is 27.1. The second-order valence-corrected chi connectivity index (χ2v) is 19.0. The normalized spacial score (nSPS) is 20.3. The van der Waals surface area contributed by atoms with Crippen LogP contribution in [0.3, 0.4) is 0 Å². The zero-order chi connectivity index (χ0) is 45.9. The lowest BCUT2D eigenvalue weighted by molar-refractivity contribution is -0.302. The number of hydrogen-bond acceptors (Lipinski definition) is 8. The van der Waals surface area contributed by atoms with Crippen molar-refractivity contribution in [2.75, 3.05) is 13.2 Å². The van der Waals surface area contributed by atoms with Gasteiger partial charge in [-0.15, -0.1) is 0 Å². The Labute approximate surface area is 388 Å². The second-order valence-electron chi connectivity index (χ2n) is 19.0. The summed E-state index contributed by atoms with van der Waals surface area (Å²) in [5.41, 5.74) is 0. The predicted molar refractivity (Wildman–Crippen MR) is 263 cm³/mol. The number of carbonyl (C=O) groups is 1. The molecule has 0 aromatic carbocycles. The van der Waals surface area contributed by atoms with E-state index in [9.17, 15) is 30.3 Å². The van der Waals surface area contributed by atoms with Gasteiger partial charge in [-0.05, 0) is 44.9 Å². The Morgan fingerprint density at radius 1 is 0.524 bits per heavy atom. The molecule has 1 amide bonds. The SMILES string of the molecule is CCCCCCCCCCCCCC/C=C\CCCCCCCCCCCC(=O)NC(COC1OC(CO)C(O)C(O)C1O)C(O)/C=C/CCCCCCCCCCCCCCC. The Morgan fingerprint density at radius 2 is 0.889 bits per heavy atom. The van der Waals surface area contributed by atoms with E-state index in [1.54, 1.807) is 6.08 Å². The summed E-state index contributed by atoms with van der Waals surface area (Å²) in [4.78, 5) is 13.0. The summed E-state index contributed by atoms with van der Waals surface area (Å²) in [6.07, 6.45) is 48.1. The number of ether oxygens (including phenoxy) is 2. The highest BCUT2D eigenvalue weighted by molar-refractivity contribution is 5.76. The number of amides is 1. The van der Waals surface area contributed by atoms with Crippen molar-refractivity contribution in [3.8, 4) is 0 Å². The maximum atomic E-state index is 13.0. The number of allylic oxidation sites excluding steroid dienone is 3. The minimum absolute atomic E-state index is 0.176. The quantitative estimate of drug-likeness (QED) is 0.0261. The van der Waals surface area contributed by atoms with E-state index in [1.807, 2.05) is 6.08 Å². The van der Waals surface area contributed by atoms with Crippen molar-refractivity contribution in [2.45, 2.75) is 301 Å². The molecule has 7 unspecified atom stereocenters. The fourth-order valence-corrected chi connectivity index (χ4v) is 8.68. The molecule has 1 heterocycles. The zero-order valence-electron chi connectivity index (χ0n) is 41.1. The molecule has 0 aromatic heterocycles. The van der Waals surface area contributed by atoms with Crippen molar-refractivity contribution >= 4 is 5.91 Å². The molecule has 1 saturated heterocycles. The minimum atomic E-state index is -1.56. The number of rotatable bonds is 46. The Hall–Kier alpha value is -1.33. The molecule has 0 radical (unpaired) electrons. The van der Waals surface area contributed by atoms with E-state index in [1.165, 1.54) is 199 Å². The van der Waals surface area contributed by atoms with Gasteiger partial charge in [0.1, 0.15) is 24.4 Å². The number of nitrogens with one attached hydrogen (secondary N) is 1. The topological polar surface area (TPSA) is 149 Å². The van der Waals surface area contributed by atoms with Gasteiger partial charge in [-0.2, -0.15) is 0 Å². The molecular formula is C54H103NO8. The van der Waals surface area contributed by atoms with Gasteiger partial charge in [0.25, 0.3) is 0 Å². The summed E-state index contributed by atoms with van der Waals surface area (Å²) >= 11 is 0. The molecule has 0 spiro atoms. The first kappa shape index (κ1) is 59.7. The molecule has 372 valence electrons. The molecule has 1 aliphatic heterocycles. The molecule has 1 aliphatic rings. The zero-order valence-corrected chi connectivity index (χ0v) is 41.1. The molecule has 6 N–H and O–H groups in total. The van der Waals surface area contributed by atoms with E-state index in [-0.39, 0.29) is 12.5 Å². The highest BCUT2D eigenvalue weighted by atomic mass is 16.7. The maximum absolute atomic E-state index is 13.0. The molecule has 1 rings (SSSR count). The van der Waals surface area contributed by atoms with Crippen LogP contribution in [0.2, 0.25) is 0 Å². The molecule has 63 heavy (non-hydrogen) atoms. The van der Waals surface area contributed by atoms with Crippen LogP contribution < -0.4 is 5.32 Å². The van der Waals surface area contributed by atoms with Gasteiger partial charge >= 0.3 is 0 Å². The summed E-state index contributed by atoms with van der Waals surface area (Å²) in [6.45, 7) is 3.80. The first-order valence-electron chi connectivity index (χ1n) is 27.1. The molecule has 0 bridgehead atoms. The molecule has 0 aliphatic carbocycles. The Kier molecular flexibility index (Phi) is 42.2. The molecular weight excluding hydrogens is 791 g/mol. The van der Waals surface area contributed by atoms with E-state index in [4.69, 9.17) is 9.47 Å². The van der Waals surface area contributed by atoms with Crippen LogP contribution in [0.25, 0.3) is 0 Å². The van der Waals surface area contributed by atoms with Crippen LogP contribution in [0, 0.1) is 0 Å². The van der Waals surface area contributed by atoms with Gasteiger partial charge in [-0.1, -0.05) is 231 Å². The second kappa shape index (κ2) is 44.5. The number of hydrogen-bond donors (Lipinski definition) is 6. The number of unbranched alkanes of at least 4 members (excludes halogenated alkanes) is 34. The fraction of sp³-hybridized carbons (Fsp3) is 0.907. The molecule has 1 fully saturated rings. The summed E-state index contributed by atoms with van der Waals surface area (Å²) in [5, 5.41) is 54.4. The lowest BCUT2D eigenvalue weighted by Gasteiger charge is -2.40. The largest absolute Gasteiger partial charge is 0.394 e. The third-order valence-electron chi connectivity index (χ3n) is 13.0. The minimum Gasteiger partial charge on any atom is -0.394 e. The van der Waals surface area contributed by atoms with Gasteiger partial charge in [0.2, 0.25) is 5.91 Å². The van der Waals surface area contributed by atoms with Crippen molar-refractivity contribution in [3.05, 3.63) is 24.3 Å². The van der Waals surface area contributed by atoms with E-state index in [0.29, 0.717) is 6.42 Å². The lowest BCUT2D eigenvalue weighted by Crippen LogP contribution is -2.60. The Bertz CT molecular complexity index is 1040. The van der Waals surface area contributed by atoms with Crippen molar-refractivity contribution in [3.63, 3.8) is 0 Å². The van der Waals surface area contributed by atoms with Crippen molar-refractivity contribution < 1.29 is 39.8 Å². The predicted octanol–water partition coefficient (Wildman–Crippen LogP) is 12.6. The smallest absolute Gasteiger partial charge is 0.220 e. The van der Waals surface area contributed by atoms with E-state index in [2.05, 4.69) is 31.3 Å². The third-order valence-corrected chi connectivity index (χ3v) is 13.0. The first-order chi connectivity index (χ1) is 30.8. The van der Waals surface area contributed by atoms with Gasteiger partial charge in [0, 0.05) is 6.42 Å². The summed E-state index contributed by atoms with van der Waals surface area (Å²) in [7, 11) is 0. The van der Waals surface area contributed by atoms with Gasteiger partial charge in [-0.3, -0.25) is 4.79 Å². The van der Waals surface area contributed by atoms with Crippen LogP contribution in [0.1, 0.15) is 258 Å². The molecule has 9 nitrogen and oxygen atoms in total. The van der Waals surface area contributed by atoms with Crippen molar-refractivity contribution in [1.29, 1.82) is 0 Å². The van der Waals surface area contributed by atoms with E-state index < -0.39 is 49.5 Å². The average Bonchev–Trinajstić information content (AvgIpc) is 3.28. The summed E-state index contributed by atoms with van der Waals surface area (Å²) in [6, 6.07) is -0.803. The van der Waals surface area contributed by atoms with Crippen LogP contribution in [0.5, 0.6) is 0 Å². The standard InChI is InChI=1S/C54H103NO8/c1-3-5-7-9-11-13-15-17-19-20-21-22-23-24-25-26-27-28-30-32-34-36-38-40-42-44-50(58)55-47(46-62-54-53(61)52(60)51(59)49(45-56)63-54)48(57)43-41-39-37-35-33-31-29-18-16-14-12-10-8-6-4-2/h24-25,41,43,47-49,51-54,56-57,59-61H,3-23,26-40,42,44-46H2,1-2H3,(H,55,58)/b25-24-,43-41+. The summed E-state index contributed by atoms with van der Waals surface area (Å²) in [5.74, 6) is -0.176. The fourth-order valence-electron chi connectivity index (χ4n) is 8.68. The number of aliphatic hydroxyl groups excluding tert-OH is 5. The highest BCUT2D eigenvalue weighted by Crippen LogP contribution is 2.23.